The first-order valence-corrected chi connectivity index (χ1v) is 8.19. The number of benzene rings is 1. The molecule has 3 rings (SSSR count). The van der Waals surface area contributed by atoms with Gasteiger partial charge in [-0.1, -0.05) is 13.0 Å². The normalized spacial score (nSPS) is 15.2. The average molecular weight is 326 g/mol. The molecule has 0 bridgehead atoms. The molecular weight excluding hydrogens is 304 g/mol. The number of piperidine rings is 1. The van der Waals surface area contributed by atoms with E-state index in [2.05, 4.69) is 27.1 Å². The van der Waals surface area contributed by atoms with Crippen molar-refractivity contribution in [1.29, 1.82) is 0 Å². The molecule has 0 saturated carbocycles. The second-order valence-corrected chi connectivity index (χ2v) is 6.11. The van der Waals surface area contributed by atoms with Crippen LogP contribution in [0.5, 0.6) is 0 Å². The lowest BCUT2D eigenvalue weighted by atomic mass is 9.99. The molecule has 1 N–H and O–H groups in total. The van der Waals surface area contributed by atoms with Gasteiger partial charge >= 0.3 is 5.97 Å². The SMILES string of the molecule is COC(=O)c1cccc(Nc2nccc(N3CCC(C)CC3)n2)c1. The van der Waals surface area contributed by atoms with Crippen molar-refractivity contribution in [2.45, 2.75) is 19.8 Å². The maximum Gasteiger partial charge on any atom is 0.337 e. The Hall–Kier alpha value is -2.63. The molecule has 1 aromatic heterocycles. The highest BCUT2D eigenvalue weighted by atomic mass is 16.5. The predicted octanol–water partition coefficient (Wildman–Crippen LogP) is 3.24. The van der Waals surface area contributed by atoms with Crippen LogP contribution in [0.15, 0.2) is 36.5 Å². The van der Waals surface area contributed by atoms with Crippen molar-refractivity contribution in [2.24, 2.45) is 5.92 Å². The number of rotatable bonds is 4. The maximum absolute atomic E-state index is 11.6. The highest BCUT2D eigenvalue weighted by Gasteiger charge is 2.17. The summed E-state index contributed by atoms with van der Waals surface area (Å²) in [5.41, 5.74) is 1.24. The van der Waals surface area contributed by atoms with E-state index in [-0.39, 0.29) is 5.97 Å². The summed E-state index contributed by atoms with van der Waals surface area (Å²) in [6.07, 6.45) is 4.13. The third kappa shape index (κ3) is 3.82. The zero-order valence-corrected chi connectivity index (χ0v) is 14.0. The summed E-state index contributed by atoms with van der Waals surface area (Å²) in [6, 6.07) is 9.04. The van der Waals surface area contributed by atoms with Gasteiger partial charge < -0.3 is 15.0 Å². The standard InChI is InChI=1S/C18H22N4O2/c1-13-7-10-22(11-8-13)16-6-9-19-18(21-16)20-15-5-3-4-14(12-15)17(23)24-2/h3-6,9,12-13H,7-8,10-11H2,1-2H3,(H,19,20,21). The monoisotopic (exact) mass is 326 g/mol. The predicted molar refractivity (Wildman–Crippen MR) is 93.7 cm³/mol. The molecule has 0 atom stereocenters. The summed E-state index contributed by atoms with van der Waals surface area (Å²) in [5, 5.41) is 3.15. The van der Waals surface area contributed by atoms with Gasteiger partial charge in [-0.15, -0.1) is 0 Å². The summed E-state index contributed by atoms with van der Waals surface area (Å²) in [6.45, 7) is 4.34. The van der Waals surface area contributed by atoms with Crippen molar-refractivity contribution in [1.82, 2.24) is 9.97 Å². The van der Waals surface area contributed by atoms with Crippen molar-refractivity contribution in [3.8, 4) is 0 Å². The summed E-state index contributed by atoms with van der Waals surface area (Å²) >= 11 is 0. The van der Waals surface area contributed by atoms with E-state index in [0.717, 1.165) is 30.5 Å². The van der Waals surface area contributed by atoms with Crippen LogP contribution in [0.2, 0.25) is 0 Å². The molecule has 0 unspecified atom stereocenters. The smallest absolute Gasteiger partial charge is 0.337 e. The number of hydrogen-bond acceptors (Lipinski definition) is 6. The minimum atomic E-state index is -0.365. The molecule has 1 aliphatic heterocycles. The van der Waals surface area contributed by atoms with Gasteiger partial charge in [0.2, 0.25) is 5.95 Å². The van der Waals surface area contributed by atoms with Crippen LogP contribution in [0.1, 0.15) is 30.1 Å². The Morgan fingerprint density at radius 2 is 2.08 bits per heavy atom. The Morgan fingerprint density at radius 1 is 1.29 bits per heavy atom. The van der Waals surface area contributed by atoms with E-state index in [0.29, 0.717) is 11.5 Å². The van der Waals surface area contributed by atoms with E-state index in [4.69, 9.17) is 4.74 Å². The minimum absolute atomic E-state index is 0.365. The van der Waals surface area contributed by atoms with E-state index in [1.54, 1.807) is 24.4 Å². The van der Waals surface area contributed by atoms with Crippen LogP contribution >= 0.6 is 0 Å². The van der Waals surface area contributed by atoms with Crippen molar-refractivity contribution < 1.29 is 9.53 Å². The van der Waals surface area contributed by atoms with Gasteiger partial charge in [0.05, 0.1) is 12.7 Å². The molecule has 1 aliphatic rings. The number of carbonyl (C=O) groups is 1. The van der Waals surface area contributed by atoms with Gasteiger partial charge in [-0.05, 0) is 43.0 Å². The summed E-state index contributed by atoms with van der Waals surface area (Å²) in [5.74, 6) is 1.87. The van der Waals surface area contributed by atoms with Crippen molar-refractivity contribution in [3.63, 3.8) is 0 Å². The Morgan fingerprint density at radius 3 is 2.83 bits per heavy atom. The number of aromatic nitrogens is 2. The number of esters is 1. The fourth-order valence-electron chi connectivity index (χ4n) is 2.79. The zero-order chi connectivity index (χ0) is 16.9. The van der Waals surface area contributed by atoms with E-state index >= 15 is 0 Å². The van der Waals surface area contributed by atoms with Gasteiger partial charge in [0, 0.05) is 25.0 Å². The lowest BCUT2D eigenvalue weighted by molar-refractivity contribution is 0.0601. The van der Waals surface area contributed by atoms with E-state index < -0.39 is 0 Å². The highest BCUT2D eigenvalue weighted by Crippen LogP contribution is 2.22. The largest absolute Gasteiger partial charge is 0.465 e. The third-order valence-corrected chi connectivity index (χ3v) is 4.29. The number of anilines is 3. The molecule has 2 aromatic rings. The number of carbonyl (C=O) groups excluding carboxylic acids is 1. The topological polar surface area (TPSA) is 67.3 Å². The first-order chi connectivity index (χ1) is 11.7. The molecule has 2 heterocycles. The molecule has 6 heteroatoms. The van der Waals surface area contributed by atoms with Crippen LogP contribution in [0.4, 0.5) is 17.5 Å². The Labute approximate surface area is 141 Å². The van der Waals surface area contributed by atoms with Crippen LogP contribution in [0.3, 0.4) is 0 Å². The lowest BCUT2D eigenvalue weighted by Crippen LogP contribution is -2.33. The first-order valence-electron chi connectivity index (χ1n) is 8.19. The molecule has 1 fully saturated rings. The molecular formula is C18H22N4O2. The Bertz CT molecular complexity index is 712. The van der Waals surface area contributed by atoms with Crippen LogP contribution in [-0.4, -0.2) is 36.1 Å². The van der Waals surface area contributed by atoms with Crippen molar-refractivity contribution in [2.75, 3.05) is 30.4 Å². The Balaban J connectivity index is 1.74. The van der Waals surface area contributed by atoms with Crippen molar-refractivity contribution in [3.05, 3.63) is 42.1 Å². The fourth-order valence-corrected chi connectivity index (χ4v) is 2.79. The molecule has 0 aliphatic carbocycles. The first kappa shape index (κ1) is 16.2. The Kier molecular flexibility index (Phi) is 4.93. The second-order valence-electron chi connectivity index (χ2n) is 6.11. The zero-order valence-electron chi connectivity index (χ0n) is 14.0. The van der Waals surface area contributed by atoms with E-state index in [1.807, 2.05) is 12.1 Å². The number of methoxy groups -OCH3 is 1. The fraction of sp³-hybridized carbons (Fsp3) is 0.389. The quantitative estimate of drug-likeness (QED) is 0.870. The second kappa shape index (κ2) is 7.29. The van der Waals surface area contributed by atoms with E-state index in [1.165, 1.54) is 20.0 Å². The summed E-state index contributed by atoms with van der Waals surface area (Å²) in [4.78, 5) is 22.8. The van der Waals surface area contributed by atoms with E-state index in [9.17, 15) is 4.79 Å². The van der Waals surface area contributed by atoms with Gasteiger partial charge in [0.15, 0.2) is 0 Å². The van der Waals surface area contributed by atoms with Crippen LogP contribution in [0.25, 0.3) is 0 Å². The van der Waals surface area contributed by atoms with Gasteiger partial charge in [-0.2, -0.15) is 4.98 Å². The number of nitrogens with one attached hydrogen (secondary N) is 1. The van der Waals surface area contributed by atoms with Crippen LogP contribution in [-0.2, 0) is 4.74 Å². The number of hydrogen-bond donors (Lipinski definition) is 1. The average Bonchev–Trinajstić information content (AvgIpc) is 2.62. The molecule has 0 radical (unpaired) electrons. The summed E-state index contributed by atoms with van der Waals surface area (Å²) < 4.78 is 4.74. The molecule has 0 amide bonds. The summed E-state index contributed by atoms with van der Waals surface area (Å²) in [7, 11) is 1.37. The van der Waals surface area contributed by atoms with Gasteiger partial charge in [-0.3, -0.25) is 0 Å². The molecule has 1 aromatic carbocycles. The maximum atomic E-state index is 11.6. The molecule has 0 spiro atoms. The van der Waals surface area contributed by atoms with Crippen LogP contribution < -0.4 is 10.2 Å². The van der Waals surface area contributed by atoms with Gasteiger partial charge in [0.25, 0.3) is 0 Å². The van der Waals surface area contributed by atoms with Crippen molar-refractivity contribution >= 4 is 23.4 Å². The van der Waals surface area contributed by atoms with Gasteiger partial charge in [-0.25, -0.2) is 9.78 Å². The third-order valence-electron chi connectivity index (χ3n) is 4.29. The highest BCUT2D eigenvalue weighted by molar-refractivity contribution is 5.90. The minimum Gasteiger partial charge on any atom is -0.465 e. The van der Waals surface area contributed by atoms with Crippen LogP contribution in [0, 0.1) is 5.92 Å². The molecule has 6 nitrogen and oxygen atoms in total. The molecule has 24 heavy (non-hydrogen) atoms. The molecule has 126 valence electrons. The number of ether oxygens (including phenoxy) is 1. The van der Waals surface area contributed by atoms with Gasteiger partial charge in [0.1, 0.15) is 5.82 Å². The number of nitrogens with zero attached hydrogens (tertiary/aromatic N) is 3. The lowest BCUT2D eigenvalue weighted by Gasteiger charge is -2.31. The molecule has 1 saturated heterocycles.